The van der Waals surface area contributed by atoms with Crippen LogP contribution in [0, 0.1) is 5.92 Å². The Balaban J connectivity index is 1.99. The number of carboxylic acid groups (broad SMARTS) is 1. The van der Waals surface area contributed by atoms with Crippen LogP contribution in [0.3, 0.4) is 0 Å². The van der Waals surface area contributed by atoms with Gasteiger partial charge in [0, 0.05) is 12.0 Å². The second-order valence-corrected chi connectivity index (χ2v) is 6.37. The van der Waals surface area contributed by atoms with E-state index >= 15 is 0 Å². The number of oxazole rings is 1. The predicted octanol–water partition coefficient (Wildman–Crippen LogP) is 2.27. The lowest BCUT2D eigenvalue weighted by molar-refractivity contribution is -0.138. The van der Waals surface area contributed by atoms with Crippen molar-refractivity contribution in [1.82, 2.24) is 9.88 Å². The summed E-state index contributed by atoms with van der Waals surface area (Å²) in [6.45, 7) is 7.53. The quantitative estimate of drug-likeness (QED) is 0.855. The van der Waals surface area contributed by atoms with Crippen LogP contribution in [0.4, 0.5) is 0 Å². The Bertz CT molecular complexity index is 444. The van der Waals surface area contributed by atoms with E-state index in [1.54, 1.807) is 6.20 Å². The minimum Gasteiger partial charge on any atom is -0.480 e. The number of carboxylic acids is 1. The average molecular weight is 266 g/mol. The van der Waals surface area contributed by atoms with Crippen molar-refractivity contribution in [3.63, 3.8) is 0 Å². The lowest BCUT2D eigenvalue weighted by Crippen LogP contribution is -2.31. The zero-order valence-electron chi connectivity index (χ0n) is 11.8. The molecule has 1 fully saturated rings. The Labute approximate surface area is 113 Å². The Kier molecular flexibility index (Phi) is 3.94. The molecular formula is C14H22N2O3. The lowest BCUT2D eigenvalue weighted by atomic mass is 9.94. The summed E-state index contributed by atoms with van der Waals surface area (Å²) in [5.41, 5.74) is -0.0701. The molecule has 19 heavy (non-hydrogen) atoms. The average Bonchev–Trinajstić information content (AvgIpc) is 2.91. The number of hydrogen-bond acceptors (Lipinski definition) is 4. The van der Waals surface area contributed by atoms with E-state index in [4.69, 9.17) is 9.52 Å². The minimum atomic E-state index is -0.803. The van der Waals surface area contributed by atoms with Gasteiger partial charge < -0.3 is 9.52 Å². The van der Waals surface area contributed by atoms with E-state index < -0.39 is 5.97 Å². The summed E-state index contributed by atoms with van der Waals surface area (Å²) in [5.74, 6) is 1.29. The van der Waals surface area contributed by atoms with Gasteiger partial charge in [0.25, 0.3) is 0 Å². The van der Waals surface area contributed by atoms with Crippen molar-refractivity contribution >= 4 is 5.97 Å². The second kappa shape index (κ2) is 5.33. The van der Waals surface area contributed by atoms with Gasteiger partial charge in [-0.2, -0.15) is 0 Å². The smallest absolute Gasteiger partial charge is 0.317 e. The number of rotatable bonds is 6. The van der Waals surface area contributed by atoms with Crippen molar-refractivity contribution in [3.8, 4) is 0 Å². The van der Waals surface area contributed by atoms with E-state index in [0.717, 1.165) is 12.3 Å². The normalized spacial score (nSPS) is 16.0. The van der Waals surface area contributed by atoms with E-state index in [-0.39, 0.29) is 12.0 Å². The van der Waals surface area contributed by atoms with Gasteiger partial charge in [0.05, 0.1) is 19.3 Å². The molecule has 0 amide bonds. The highest BCUT2D eigenvalue weighted by atomic mass is 16.4. The largest absolute Gasteiger partial charge is 0.480 e. The summed E-state index contributed by atoms with van der Waals surface area (Å²) in [5, 5.41) is 8.94. The molecule has 0 radical (unpaired) electrons. The molecule has 1 aromatic heterocycles. The first kappa shape index (κ1) is 14.1. The lowest BCUT2D eigenvalue weighted by Gasteiger charge is -2.18. The molecule has 2 rings (SSSR count). The molecule has 1 N–H and O–H groups in total. The summed E-state index contributed by atoms with van der Waals surface area (Å²) in [4.78, 5) is 17.0. The molecule has 106 valence electrons. The topological polar surface area (TPSA) is 66.6 Å². The van der Waals surface area contributed by atoms with Crippen molar-refractivity contribution in [2.75, 3.05) is 13.1 Å². The molecule has 0 saturated heterocycles. The van der Waals surface area contributed by atoms with Gasteiger partial charge in [-0.3, -0.25) is 9.69 Å². The van der Waals surface area contributed by atoms with Gasteiger partial charge in [-0.05, 0) is 18.8 Å². The van der Waals surface area contributed by atoms with Gasteiger partial charge in [-0.25, -0.2) is 4.98 Å². The summed E-state index contributed by atoms with van der Waals surface area (Å²) >= 11 is 0. The van der Waals surface area contributed by atoms with Crippen LogP contribution in [0.15, 0.2) is 10.6 Å². The number of carbonyl (C=O) groups is 1. The summed E-state index contributed by atoms with van der Waals surface area (Å²) in [6, 6.07) is 0. The van der Waals surface area contributed by atoms with Crippen molar-refractivity contribution < 1.29 is 14.3 Å². The molecule has 0 unspecified atom stereocenters. The predicted molar refractivity (Wildman–Crippen MR) is 70.8 cm³/mol. The number of nitrogens with zero attached hydrogens (tertiary/aromatic N) is 2. The van der Waals surface area contributed by atoms with E-state index in [2.05, 4.69) is 25.8 Å². The van der Waals surface area contributed by atoms with E-state index in [1.807, 2.05) is 4.90 Å². The fourth-order valence-corrected chi connectivity index (χ4v) is 1.96. The molecule has 1 heterocycles. The van der Waals surface area contributed by atoms with Crippen LogP contribution in [-0.4, -0.2) is 34.0 Å². The molecule has 0 spiro atoms. The van der Waals surface area contributed by atoms with Crippen molar-refractivity contribution in [2.45, 2.75) is 45.6 Å². The highest BCUT2D eigenvalue weighted by Crippen LogP contribution is 2.30. The zero-order chi connectivity index (χ0) is 14.0. The molecule has 1 aliphatic rings. The van der Waals surface area contributed by atoms with Gasteiger partial charge in [-0.1, -0.05) is 20.8 Å². The van der Waals surface area contributed by atoms with Crippen molar-refractivity contribution in [1.29, 1.82) is 0 Å². The molecular weight excluding hydrogens is 244 g/mol. The Morgan fingerprint density at radius 3 is 2.68 bits per heavy atom. The fraction of sp³-hybridized carbons (Fsp3) is 0.714. The summed E-state index contributed by atoms with van der Waals surface area (Å²) in [6.07, 6.45) is 4.15. The van der Waals surface area contributed by atoms with Gasteiger partial charge in [0.2, 0.25) is 5.89 Å². The fourth-order valence-electron chi connectivity index (χ4n) is 1.96. The van der Waals surface area contributed by atoms with Crippen molar-refractivity contribution in [2.24, 2.45) is 5.92 Å². The summed E-state index contributed by atoms with van der Waals surface area (Å²) < 4.78 is 5.72. The van der Waals surface area contributed by atoms with Crippen LogP contribution in [0.2, 0.25) is 0 Å². The molecule has 0 aliphatic heterocycles. The first-order valence-electron chi connectivity index (χ1n) is 6.74. The zero-order valence-corrected chi connectivity index (χ0v) is 11.8. The van der Waals surface area contributed by atoms with Crippen molar-refractivity contribution in [3.05, 3.63) is 17.8 Å². The Hall–Kier alpha value is -1.36. The molecule has 0 bridgehead atoms. The van der Waals surface area contributed by atoms with E-state index in [9.17, 15) is 4.79 Å². The third kappa shape index (κ3) is 4.35. The molecule has 0 aromatic carbocycles. The van der Waals surface area contributed by atoms with Gasteiger partial charge in [0.15, 0.2) is 0 Å². The Morgan fingerprint density at radius 2 is 2.21 bits per heavy atom. The number of aromatic nitrogens is 1. The summed E-state index contributed by atoms with van der Waals surface area (Å²) in [7, 11) is 0. The second-order valence-electron chi connectivity index (χ2n) is 6.37. The molecule has 1 saturated carbocycles. The maximum atomic E-state index is 10.9. The van der Waals surface area contributed by atoms with Gasteiger partial charge in [-0.15, -0.1) is 0 Å². The van der Waals surface area contributed by atoms with Crippen LogP contribution in [0.5, 0.6) is 0 Å². The van der Waals surface area contributed by atoms with Gasteiger partial charge in [0.1, 0.15) is 5.76 Å². The maximum Gasteiger partial charge on any atom is 0.317 e. The number of hydrogen-bond donors (Lipinski definition) is 1. The first-order valence-corrected chi connectivity index (χ1v) is 6.74. The van der Waals surface area contributed by atoms with E-state index in [1.165, 1.54) is 12.8 Å². The number of aliphatic carboxylic acids is 1. The molecule has 0 atom stereocenters. The molecule has 1 aromatic rings. The SMILES string of the molecule is CC(C)(C)c1cnc(CN(CC(=O)O)CC2CC2)o1. The highest BCUT2D eigenvalue weighted by molar-refractivity contribution is 5.69. The third-order valence-electron chi connectivity index (χ3n) is 3.22. The maximum absolute atomic E-state index is 10.9. The molecule has 5 heteroatoms. The Morgan fingerprint density at radius 1 is 1.53 bits per heavy atom. The van der Waals surface area contributed by atoms with Crippen LogP contribution >= 0.6 is 0 Å². The van der Waals surface area contributed by atoms with Gasteiger partial charge >= 0.3 is 5.97 Å². The van der Waals surface area contributed by atoms with Crippen LogP contribution in [0.1, 0.15) is 45.3 Å². The molecule has 1 aliphatic carbocycles. The molecule has 5 nitrogen and oxygen atoms in total. The van der Waals surface area contributed by atoms with Crippen LogP contribution in [0.25, 0.3) is 0 Å². The first-order chi connectivity index (χ1) is 8.84. The van der Waals surface area contributed by atoms with E-state index in [0.29, 0.717) is 18.4 Å². The highest BCUT2D eigenvalue weighted by Gasteiger charge is 2.26. The van der Waals surface area contributed by atoms with Crippen LogP contribution in [-0.2, 0) is 16.8 Å². The minimum absolute atomic E-state index is 0.0454. The van der Waals surface area contributed by atoms with Crippen LogP contribution < -0.4 is 0 Å². The third-order valence-corrected chi connectivity index (χ3v) is 3.22. The monoisotopic (exact) mass is 266 g/mol. The standard InChI is InChI=1S/C14H22N2O3/c1-14(2,3)11-6-15-12(19-11)8-16(9-13(17)18)7-10-4-5-10/h6,10H,4-5,7-9H2,1-3H3,(H,17,18).